The van der Waals surface area contributed by atoms with Gasteiger partial charge < -0.3 is 10.2 Å². The van der Waals surface area contributed by atoms with Crippen LogP contribution in [0.5, 0.6) is 0 Å². The number of amides is 1. The first kappa shape index (κ1) is 18.1. The molecule has 24 heavy (non-hydrogen) atoms. The first-order chi connectivity index (χ1) is 11.6. The van der Waals surface area contributed by atoms with Crippen molar-refractivity contribution in [2.24, 2.45) is 0 Å². The molecule has 1 amide bonds. The van der Waals surface area contributed by atoms with Gasteiger partial charge in [-0.1, -0.05) is 55.5 Å². The molecule has 2 rings (SSSR count). The third kappa shape index (κ3) is 5.12. The van der Waals surface area contributed by atoms with Crippen LogP contribution in [-0.2, 0) is 17.8 Å². The minimum atomic E-state index is 0.190. The summed E-state index contributed by atoms with van der Waals surface area (Å²) in [5.74, 6) is 0.190. The van der Waals surface area contributed by atoms with Crippen molar-refractivity contribution in [2.45, 2.75) is 46.2 Å². The van der Waals surface area contributed by atoms with E-state index in [1.54, 1.807) is 0 Å². The van der Waals surface area contributed by atoms with Gasteiger partial charge in [0.05, 0.1) is 0 Å². The predicted molar refractivity (Wildman–Crippen MR) is 101 cm³/mol. The molecule has 0 spiro atoms. The molecule has 0 atom stereocenters. The highest BCUT2D eigenvalue weighted by molar-refractivity contribution is 5.77. The van der Waals surface area contributed by atoms with Gasteiger partial charge in [0, 0.05) is 31.2 Å². The summed E-state index contributed by atoms with van der Waals surface area (Å²) < 4.78 is 0. The number of rotatable bonds is 8. The second-order valence-electron chi connectivity index (χ2n) is 6.29. The molecule has 0 aliphatic heterocycles. The first-order valence-electron chi connectivity index (χ1n) is 8.77. The molecular weight excluding hydrogens is 296 g/mol. The van der Waals surface area contributed by atoms with Gasteiger partial charge in [0.25, 0.3) is 0 Å². The fraction of sp³-hybridized carbons (Fsp3) is 0.381. The number of hydrogen-bond acceptors (Lipinski definition) is 2. The van der Waals surface area contributed by atoms with Crippen molar-refractivity contribution in [3.63, 3.8) is 0 Å². The van der Waals surface area contributed by atoms with Crippen LogP contribution in [0.25, 0.3) is 0 Å². The molecular formula is C21H28N2O. The van der Waals surface area contributed by atoms with Crippen LogP contribution in [-0.4, -0.2) is 23.4 Å². The van der Waals surface area contributed by atoms with E-state index < -0.39 is 0 Å². The Labute approximate surface area is 145 Å². The van der Waals surface area contributed by atoms with E-state index >= 15 is 0 Å². The maximum atomic E-state index is 12.6. The highest BCUT2D eigenvalue weighted by Crippen LogP contribution is 2.16. The van der Waals surface area contributed by atoms with Crippen LogP contribution in [0.4, 0.5) is 5.69 Å². The van der Waals surface area contributed by atoms with Gasteiger partial charge in [-0.25, -0.2) is 0 Å². The number of para-hydroxylation sites is 1. The van der Waals surface area contributed by atoms with Crippen molar-refractivity contribution >= 4 is 11.6 Å². The van der Waals surface area contributed by atoms with E-state index in [0.717, 1.165) is 12.1 Å². The number of nitrogens with zero attached hydrogens (tertiary/aromatic N) is 1. The number of carbonyl (C=O) groups excluding carboxylic acids is 1. The molecule has 0 unspecified atom stereocenters. The summed E-state index contributed by atoms with van der Waals surface area (Å²) in [6.07, 6.45) is 1.49. The lowest BCUT2D eigenvalue weighted by Crippen LogP contribution is -2.37. The van der Waals surface area contributed by atoms with Gasteiger partial charge >= 0.3 is 0 Å². The molecule has 0 heterocycles. The first-order valence-corrected chi connectivity index (χ1v) is 8.77. The fourth-order valence-corrected chi connectivity index (χ4v) is 2.79. The topological polar surface area (TPSA) is 32.3 Å². The van der Waals surface area contributed by atoms with E-state index in [-0.39, 0.29) is 11.9 Å². The lowest BCUT2D eigenvalue weighted by molar-refractivity contribution is -0.133. The van der Waals surface area contributed by atoms with Gasteiger partial charge in [0.2, 0.25) is 5.91 Å². The van der Waals surface area contributed by atoms with Crippen LogP contribution in [0.1, 0.15) is 38.3 Å². The summed E-state index contributed by atoms with van der Waals surface area (Å²) in [6.45, 7) is 7.62. The minimum Gasteiger partial charge on any atom is -0.384 e. The molecule has 3 heteroatoms. The lowest BCUT2D eigenvalue weighted by Gasteiger charge is -2.27. The smallest absolute Gasteiger partial charge is 0.224 e. The Balaban J connectivity index is 1.91. The van der Waals surface area contributed by atoms with Crippen LogP contribution < -0.4 is 5.32 Å². The third-order valence-electron chi connectivity index (χ3n) is 4.19. The lowest BCUT2D eigenvalue weighted by atomic mass is 10.1. The Hall–Kier alpha value is -2.29. The van der Waals surface area contributed by atoms with Crippen molar-refractivity contribution in [1.82, 2.24) is 4.90 Å². The van der Waals surface area contributed by atoms with Crippen molar-refractivity contribution < 1.29 is 4.79 Å². The number of benzene rings is 2. The van der Waals surface area contributed by atoms with E-state index in [4.69, 9.17) is 0 Å². The van der Waals surface area contributed by atoms with Gasteiger partial charge in [-0.15, -0.1) is 0 Å². The molecule has 3 nitrogen and oxygen atoms in total. The number of carbonyl (C=O) groups is 1. The Morgan fingerprint density at radius 3 is 2.38 bits per heavy atom. The number of aryl methyl sites for hydroxylation is 1. The van der Waals surface area contributed by atoms with Gasteiger partial charge in [0.1, 0.15) is 0 Å². The van der Waals surface area contributed by atoms with Crippen LogP contribution in [0.3, 0.4) is 0 Å². The molecule has 2 aromatic rings. The molecule has 0 radical (unpaired) electrons. The minimum absolute atomic E-state index is 0.190. The molecule has 0 bridgehead atoms. The quantitative estimate of drug-likeness (QED) is 0.776. The summed E-state index contributed by atoms with van der Waals surface area (Å²) in [4.78, 5) is 14.6. The number of nitrogens with one attached hydrogen (secondary N) is 1. The molecule has 0 aromatic heterocycles. The molecule has 1 N–H and O–H groups in total. The van der Waals surface area contributed by atoms with Gasteiger partial charge in [-0.2, -0.15) is 0 Å². The van der Waals surface area contributed by atoms with Crippen molar-refractivity contribution in [2.75, 3.05) is 11.9 Å². The molecule has 0 saturated carbocycles. The molecule has 0 aliphatic rings. The Morgan fingerprint density at radius 1 is 1.04 bits per heavy atom. The van der Waals surface area contributed by atoms with Gasteiger partial charge in [-0.05, 0) is 37.5 Å². The number of hydrogen-bond donors (Lipinski definition) is 1. The SMILES string of the molecule is CCc1ccccc1NCCC(=O)N(Cc1ccccc1)C(C)C. The highest BCUT2D eigenvalue weighted by atomic mass is 16.2. The molecule has 0 fully saturated rings. The molecule has 0 saturated heterocycles. The van der Waals surface area contributed by atoms with Crippen LogP contribution in [0, 0.1) is 0 Å². The van der Waals surface area contributed by atoms with Crippen LogP contribution in [0.15, 0.2) is 54.6 Å². The van der Waals surface area contributed by atoms with E-state index in [1.165, 1.54) is 11.1 Å². The zero-order valence-corrected chi connectivity index (χ0v) is 15.0. The highest BCUT2D eigenvalue weighted by Gasteiger charge is 2.16. The number of anilines is 1. The summed E-state index contributed by atoms with van der Waals surface area (Å²) in [5.41, 5.74) is 3.59. The van der Waals surface area contributed by atoms with Crippen molar-refractivity contribution in [1.29, 1.82) is 0 Å². The predicted octanol–water partition coefficient (Wildman–Crippen LogP) is 4.49. The normalized spacial score (nSPS) is 10.7. The summed E-state index contributed by atoms with van der Waals surface area (Å²) >= 11 is 0. The zero-order chi connectivity index (χ0) is 17.4. The van der Waals surface area contributed by atoms with Crippen LogP contribution >= 0.6 is 0 Å². The standard InChI is InChI=1S/C21H28N2O/c1-4-19-12-8-9-13-20(19)22-15-14-21(24)23(17(2)3)16-18-10-6-5-7-11-18/h5-13,17,22H,4,14-16H2,1-3H3. The average Bonchev–Trinajstić information content (AvgIpc) is 2.60. The van der Waals surface area contributed by atoms with Crippen molar-refractivity contribution in [3.8, 4) is 0 Å². The van der Waals surface area contributed by atoms with E-state index in [1.807, 2.05) is 29.2 Å². The monoisotopic (exact) mass is 324 g/mol. The second kappa shape index (κ2) is 9.11. The molecule has 2 aromatic carbocycles. The largest absolute Gasteiger partial charge is 0.384 e. The van der Waals surface area contributed by atoms with Crippen LogP contribution in [0.2, 0.25) is 0 Å². The van der Waals surface area contributed by atoms with Gasteiger partial charge in [-0.3, -0.25) is 4.79 Å². The summed E-state index contributed by atoms with van der Waals surface area (Å²) in [7, 11) is 0. The second-order valence-corrected chi connectivity index (χ2v) is 6.29. The Morgan fingerprint density at radius 2 is 1.71 bits per heavy atom. The van der Waals surface area contributed by atoms with E-state index in [9.17, 15) is 4.79 Å². The summed E-state index contributed by atoms with van der Waals surface area (Å²) in [5, 5.41) is 3.41. The maximum Gasteiger partial charge on any atom is 0.224 e. The zero-order valence-electron chi connectivity index (χ0n) is 15.0. The van der Waals surface area contributed by atoms with E-state index in [0.29, 0.717) is 19.5 Å². The average molecular weight is 324 g/mol. The summed E-state index contributed by atoms with van der Waals surface area (Å²) in [6, 6.07) is 18.6. The van der Waals surface area contributed by atoms with Gasteiger partial charge in [0.15, 0.2) is 0 Å². The molecule has 128 valence electrons. The Kier molecular flexibility index (Phi) is 6.86. The fourth-order valence-electron chi connectivity index (χ4n) is 2.79. The molecule has 0 aliphatic carbocycles. The Bertz CT molecular complexity index is 637. The maximum absolute atomic E-state index is 12.6. The van der Waals surface area contributed by atoms with Crippen molar-refractivity contribution in [3.05, 3.63) is 65.7 Å². The van der Waals surface area contributed by atoms with E-state index in [2.05, 4.69) is 56.4 Å². The third-order valence-corrected chi connectivity index (χ3v) is 4.19.